The molecule has 0 aromatic carbocycles. The molecule has 1 rings (SSSR count). The summed E-state index contributed by atoms with van der Waals surface area (Å²) in [6.45, 7) is 6.35. The summed E-state index contributed by atoms with van der Waals surface area (Å²) >= 11 is 1.68. The SMILES string of the molecule is COC(=O)[C]1[CH][CH][CH][C]1SC(C)(C)C. The van der Waals surface area contributed by atoms with Crippen molar-refractivity contribution in [3.8, 4) is 0 Å². The van der Waals surface area contributed by atoms with Crippen LogP contribution in [0.4, 0.5) is 0 Å². The molecular weight excluding hydrogens is 196 g/mol. The molecule has 0 atom stereocenters. The molecule has 0 heterocycles. The minimum atomic E-state index is -0.262. The normalized spacial score (nSPS) is 20.0. The zero-order valence-corrected chi connectivity index (χ0v) is 9.77. The van der Waals surface area contributed by atoms with E-state index in [0.29, 0.717) is 5.92 Å². The molecule has 77 valence electrons. The number of esters is 1. The maximum Gasteiger partial charge on any atom is 0.314 e. The summed E-state index contributed by atoms with van der Waals surface area (Å²) in [7, 11) is 1.40. The number of hydrogen-bond acceptors (Lipinski definition) is 3. The predicted octanol–water partition coefficient (Wildman–Crippen LogP) is 2.42. The van der Waals surface area contributed by atoms with E-state index in [1.807, 2.05) is 12.8 Å². The fraction of sp³-hybridized carbons (Fsp3) is 0.455. The smallest absolute Gasteiger partial charge is 0.314 e. The molecule has 0 spiro atoms. The molecule has 0 N–H and O–H groups in total. The van der Waals surface area contributed by atoms with Crippen molar-refractivity contribution < 1.29 is 9.53 Å². The van der Waals surface area contributed by atoms with Crippen LogP contribution in [0, 0.1) is 30.4 Å². The van der Waals surface area contributed by atoms with Crippen molar-refractivity contribution in [2.45, 2.75) is 25.5 Å². The number of ether oxygens (including phenoxy) is 1. The molecule has 1 aliphatic rings. The van der Waals surface area contributed by atoms with Crippen molar-refractivity contribution in [1.82, 2.24) is 0 Å². The van der Waals surface area contributed by atoms with Crippen LogP contribution in [0.2, 0.25) is 0 Å². The Hall–Kier alpha value is -0.180. The summed E-state index contributed by atoms with van der Waals surface area (Å²) in [6.07, 6.45) is 5.61. The third-order valence-corrected chi connectivity index (χ3v) is 2.79. The van der Waals surface area contributed by atoms with E-state index in [1.165, 1.54) is 7.11 Å². The van der Waals surface area contributed by atoms with Crippen molar-refractivity contribution in [3.63, 3.8) is 0 Å². The van der Waals surface area contributed by atoms with Gasteiger partial charge >= 0.3 is 5.97 Å². The van der Waals surface area contributed by atoms with Gasteiger partial charge in [-0.3, -0.25) is 4.79 Å². The lowest BCUT2D eigenvalue weighted by Crippen LogP contribution is -2.19. The molecule has 3 heteroatoms. The second-order valence-electron chi connectivity index (χ2n) is 4.01. The zero-order valence-electron chi connectivity index (χ0n) is 8.96. The zero-order chi connectivity index (χ0) is 10.8. The first-order chi connectivity index (χ1) is 6.44. The van der Waals surface area contributed by atoms with Gasteiger partial charge in [-0.25, -0.2) is 0 Å². The average Bonchev–Trinajstić information content (AvgIpc) is 2.48. The second-order valence-corrected chi connectivity index (χ2v) is 5.88. The summed E-state index contributed by atoms with van der Waals surface area (Å²) in [5.74, 6) is 0.397. The van der Waals surface area contributed by atoms with Crippen molar-refractivity contribution in [2.24, 2.45) is 0 Å². The van der Waals surface area contributed by atoms with Crippen molar-refractivity contribution in [2.75, 3.05) is 7.11 Å². The number of carbonyl (C=O) groups is 1. The molecule has 0 bridgehead atoms. The standard InChI is InChI=1S/C11H15O2S/c1-11(2,3)14-9-7-5-6-8(9)10(12)13-4/h5-7H,1-4H3. The molecule has 14 heavy (non-hydrogen) atoms. The fourth-order valence-corrected chi connectivity index (χ4v) is 2.17. The highest BCUT2D eigenvalue weighted by atomic mass is 32.2. The average molecular weight is 211 g/mol. The maximum absolute atomic E-state index is 11.3. The third-order valence-electron chi connectivity index (χ3n) is 1.60. The van der Waals surface area contributed by atoms with Crippen molar-refractivity contribution in [1.29, 1.82) is 0 Å². The Morgan fingerprint density at radius 1 is 1.36 bits per heavy atom. The van der Waals surface area contributed by atoms with Crippen LogP contribution in [0.25, 0.3) is 0 Å². The highest BCUT2D eigenvalue weighted by Gasteiger charge is 2.38. The van der Waals surface area contributed by atoms with Gasteiger partial charge in [0.2, 0.25) is 0 Å². The Labute approximate surface area is 90.8 Å². The first kappa shape index (κ1) is 11.9. The van der Waals surface area contributed by atoms with Gasteiger partial charge in [0.1, 0.15) is 5.92 Å². The molecule has 5 radical (unpaired) electrons. The van der Waals surface area contributed by atoms with Crippen LogP contribution in [0.5, 0.6) is 0 Å². The van der Waals surface area contributed by atoms with Crippen LogP contribution in [-0.4, -0.2) is 17.8 Å². The first-order valence-corrected chi connectivity index (χ1v) is 5.29. The molecule has 0 aromatic rings. The minimum Gasteiger partial charge on any atom is -0.469 e. The lowest BCUT2D eigenvalue weighted by molar-refractivity contribution is -0.137. The Bertz CT molecular complexity index is 208. The van der Waals surface area contributed by atoms with Crippen LogP contribution in [-0.2, 0) is 9.53 Å². The summed E-state index contributed by atoms with van der Waals surface area (Å²) in [4.78, 5) is 11.3. The molecule has 0 unspecified atom stereocenters. The number of carbonyl (C=O) groups excluding carboxylic acids is 1. The van der Waals surface area contributed by atoms with Crippen LogP contribution in [0.3, 0.4) is 0 Å². The van der Waals surface area contributed by atoms with Gasteiger partial charge in [-0.2, -0.15) is 0 Å². The van der Waals surface area contributed by atoms with Gasteiger partial charge < -0.3 is 4.74 Å². The van der Waals surface area contributed by atoms with E-state index in [2.05, 4.69) is 20.8 Å². The lowest BCUT2D eigenvalue weighted by Gasteiger charge is -2.24. The monoisotopic (exact) mass is 211 g/mol. The third kappa shape index (κ3) is 3.19. The van der Waals surface area contributed by atoms with Crippen molar-refractivity contribution in [3.05, 3.63) is 30.4 Å². The molecule has 1 saturated carbocycles. The molecule has 0 aromatic heterocycles. The van der Waals surface area contributed by atoms with Gasteiger partial charge in [0.25, 0.3) is 0 Å². The van der Waals surface area contributed by atoms with Crippen LogP contribution in [0.1, 0.15) is 20.8 Å². The van der Waals surface area contributed by atoms with Gasteiger partial charge in [-0.15, -0.1) is 11.8 Å². The summed E-state index contributed by atoms with van der Waals surface area (Å²) in [6, 6.07) is 0. The minimum absolute atomic E-state index is 0.108. The molecular formula is C11H15O2S. The maximum atomic E-state index is 11.3. The predicted molar refractivity (Wildman–Crippen MR) is 58.7 cm³/mol. The fourth-order valence-electron chi connectivity index (χ4n) is 1.10. The van der Waals surface area contributed by atoms with Gasteiger partial charge in [0.15, 0.2) is 0 Å². The Morgan fingerprint density at radius 3 is 2.50 bits per heavy atom. The van der Waals surface area contributed by atoms with Gasteiger partial charge in [0.05, 0.1) is 12.4 Å². The first-order valence-electron chi connectivity index (χ1n) is 4.47. The number of rotatable bonds is 2. The van der Waals surface area contributed by atoms with E-state index >= 15 is 0 Å². The van der Waals surface area contributed by atoms with E-state index in [-0.39, 0.29) is 10.7 Å². The van der Waals surface area contributed by atoms with E-state index in [1.54, 1.807) is 18.2 Å². The molecule has 2 nitrogen and oxygen atoms in total. The summed E-state index contributed by atoms with van der Waals surface area (Å²) < 4.78 is 4.81. The van der Waals surface area contributed by atoms with Gasteiger partial charge in [-0.1, -0.05) is 20.8 Å². The largest absolute Gasteiger partial charge is 0.469 e. The number of methoxy groups -OCH3 is 1. The van der Waals surface area contributed by atoms with E-state index in [9.17, 15) is 4.79 Å². The molecule has 0 amide bonds. The van der Waals surface area contributed by atoms with Crippen LogP contribution < -0.4 is 0 Å². The van der Waals surface area contributed by atoms with Gasteiger partial charge in [-0.05, 0) is 19.3 Å². The Balaban J connectivity index is 2.56. The highest BCUT2D eigenvalue weighted by Crippen LogP contribution is 2.47. The van der Waals surface area contributed by atoms with E-state index in [4.69, 9.17) is 4.74 Å². The quantitative estimate of drug-likeness (QED) is 0.656. The Kier molecular flexibility index (Phi) is 3.87. The molecule has 0 aliphatic heterocycles. The van der Waals surface area contributed by atoms with Crippen LogP contribution >= 0.6 is 11.8 Å². The van der Waals surface area contributed by atoms with Gasteiger partial charge in [0, 0.05) is 4.75 Å². The van der Waals surface area contributed by atoms with Crippen LogP contribution in [0.15, 0.2) is 0 Å². The summed E-state index contributed by atoms with van der Waals surface area (Å²) in [5.41, 5.74) is 0. The van der Waals surface area contributed by atoms with E-state index in [0.717, 1.165) is 5.25 Å². The molecule has 1 fully saturated rings. The Morgan fingerprint density at radius 2 is 2.00 bits per heavy atom. The molecule has 1 aliphatic carbocycles. The number of thioether (sulfide) groups is 1. The van der Waals surface area contributed by atoms with E-state index < -0.39 is 0 Å². The second kappa shape index (κ2) is 4.56. The molecule has 0 saturated heterocycles. The highest BCUT2D eigenvalue weighted by molar-refractivity contribution is 8.03. The topological polar surface area (TPSA) is 26.3 Å². The number of hydrogen-bond donors (Lipinski definition) is 0. The summed E-state index contributed by atoms with van der Waals surface area (Å²) in [5, 5.41) is 0.990. The lowest BCUT2D eigenvalue weighted by atomic mass is 10.1. The van der Waals surface area contributed by atoms with Crippen molar-refractivity contribution >= 4 is 17.7 Å².